The highest BCUT2D eigenvalue weighted by atomic mass is 32.2. The summed E-state index contributed by atoms with van der Waals surface area (Å²) in [4.78, 5) is 0. The highest BCUT2D eigenvalue weighted by Crippen LogP contribution is 2.37. The Morgan fingerprint density at radius 3 is 2.76 bits per heavy atom. The highest BCUT2D eigenvalue weighted by Gasteiger charge is 2.37. The molecule has 2 aliphatic rings. The number of piperidine rings is 1. The van der Waals surface area contributed by atoms with Crippen LogP contribution < -0.4 is 0 Å². The molecular formula is C16H24N2O2S. The van der Waals surface area contributed by atoms with E-state index in [0.29, 0.717) is 19.0 Å². The van der Waals surface area contributed by atoms with Crippen molar-refractivity contribution in [3.8, 4) is 0 Å². The molecule has 0 saturated carbocycles. The molecule has 0 amide bonds. The van der Waals surface area contributed by atoms with Crippen LogP contribution in [-0.4, -0.2) is 37.2 Å². The van der Waals surface area contributed by atoms with Gasteiger partial charge in [0.15, 0.2) is 0 Å². The van der Waals surface area contributed by atoms with Gasteiger partial charge in [-0.05, 0) is 42.7 Å². The fourth-order valence-corrected chi connectivity index (χ4v) is 5.32. The van der Waals surface area contributed by atoms with Crippen LogP contribution >= 0.6 is 0 Å². The van der Waals surface area contributed by atoms with Crippen molar-refractivity contribution in [3.63, 3.8) is 0 Å². The van der Waals surface area contributed by atoms with Gasteiger partial charge in [-0.25, -0.2) is 0 Å². The molecule has 2 atom stereocenters. The zero-order valence-corrected chi connectivity index (χ0v) is 13.6. The maximum absolute atomic E-state index is 12.9. The second kappa shape index (κ2) is 5.71. The first-order valence-electron chi connectivity index (χ1n) is 7.81. The molecule has 116 valence electrons. The highest BCUT2D eigenvalue weighted by molar-refractivity contribution is 7.86. The fourth-order valence-electron chi connectivity index (χ4n) is 3.61. The maximum atomic E-state index is 12.9. The average molecular weight is 308 g/mol. The minimum atomic E-state index is -3.35. The SMILES string of the molecule is CC1CCCN(S(=O)(=O)N(C)C2CCc3ccccc32)C1. The Balaban J connectivity index is 1.83. The van der Waals surface area contributed by atoms with Crippen molar-refractivity contribution in [2.45, 2.75) is 38.6 Å². The van der Waals surface area contributed by atoms with Gasteiger partial charge in [0.25, 0.3) is 10.2 Å². The van der Waals surface area contributed by atoms with Gasteiger partial charge in [-0.2, -0.15) is 17.0 Å². The summed E-state index contributed by atoms with van der Waals surface area (Å²) in [7, 11) is -1.62. The molecule has 1 aliphatic heterocycles. The van der Waals surface area contributed by atoms with E-state index in [1.165, 1.54) is 11.1 Å². The topological polar surface area (TPSA) is 40.6 Å². The van der Waals surface area contributed by atoms with Gasteiger partial charge in [-0.15, -0.1) is 0 Å². The molecule has 4 nitrogen and oxygen atoms in total. The van der Waals surface area contributed by atoms with E-state index in [-0.39, 0.29) is 6.04 Å². The standard InChI is InChI=1S/C16H24N2O2S/c1-13-6-5-11-18(12-13)21(19,20)17(2)16-10-9-14-7-3-4-8-15(14)16/h3-4,7-8,13,16H,5-6,9-12H2,1-2H3. The van der Waals surface area contributed by atoms with Gasteiger partial charge < -0.3 is 0 Å². The van der Waals surface area contributed by atoms with Gasteiger partial charge in [-0.3, -0.25) is 0 Å². The minimum Gasteiger partial charge on any atom is -0.195 e. The second-order valence-corrected chi connectivity index (χ2v) is 8.37. The predicted molar refractivity (Wildman–Crippen MR) is 84.2 cm³/mol. The van der Waals surface area contributed by atoms with E-state index in [1.54, 1.807) is 15.7 Å². The molecule has 21 heavy (non-hydrogen) atoms. The third-order valence-electron chi connectivity index (χ3n) is 4.85. The molecule has 1 saturated heterocycles. The molecule has 0 bridgehead atoms. The van der Waals surface area contributed by atoms with Crippen LogP contribution in [0.25, 0.3) is 0 Å². The van der Waals surface area contributed by atoms with Gasteiger partial charge in [0.05, 0.1) is 6.04 Å². The average Bonchev–Trinajstić information content (AvgIpc) is 2.90. The normalized spacial score (nSPS) is 27.0. The summed E-state index contributed by atoms with van der Waals surface area (Å²) < 4.78 is 29.0. The third-order valence-corrected chi connectivity index (χ3v) is 6.82. The monoisotopic (exact) mass is 308 g/mol. The first-order valence-corrected chi connectivity index (χ1v) is 9.20. The quantitative estimate of drug-likeness (QED) is 0.861. The number of hydrogen-bond acceptors (Lipinski definition) is 2. The summed E-state index contributed by atoms with van der Waals surface area (Å²) in [6, 6.07) is 8.20. The van der Waals surface area contributed by atoms with Crippen molar-refractivity contribution in [1.29, 1.82) is 0 Å². The van der Waals surface area contributed by atoms with E-state index in [4.69, 9.17) is 0 Å². The van der Waals surface area contributed by atoms with Crippen LogP contribution in [0.5, 0.6) is 0 Å². The zero-order valence-electron chi connectivity index (χ0n) is 12.8. The molecule has 3 rings (SSSR count). The van der Waals surface area contributed by atoms with Crippen LogP contribution in [0.4, 0.5) is 0 Å². The van der Waals surface area contributed by atoms with Crippen molar-refractivity contribution in [2.24, 2.45) is 5.92 Å². The number of nitrogens with zero attached hydrogens (tertiary/aromatic N) is 2. The molecule has 2 unspecified atom stereocenters. The van der Waals surface area contributed by atoms with Crippen LogP contribution in [0, 0.1) is 5.92 Å². The number of benzene rings is 1. The van der Waals surface area contributed by atoms with Crippen molar-refractivity contribution in [2.75, 3.05) is 20.1 Å². The molecule has 1 heterocycles. The molecule has 1 aromatic carbocycles. The Morgan fingerprint density at radius 1 is 1.24 bits per heavy atom. The van der Waals surface area contributed by atoms with Crippen LogP contribution in [-0.2, 0) is 16.6 Å². The summed E-state index contributed by atoms with van der Waals surface area (Å²) in [5.41, 5.74) is 2.46. The summed E-state index contributed by atoms with van der Waals surface area (Å²) in [5, 5.41) is 0. The van der Waals surface area contributed by atoms with E-state index in [2.05, 4.69) is 19.1 Å². The zero-order chi connectivity index (χ0) is 15.0. The van der Waals surface area contributed by atoms with Gasteiger partial charge in [0.2, 0.25) is 0 Å². The lowest BCUT2D eigenvalue weighted by Gasteiger charge is -2.35. The lowest BCUT2D eigenvalue weighted by atomic mass is 10.0. The molecule has 1 fully saturated rings. The smallest absolute Gasteiger partial charge is 0.195 e. The summed E-state index contributed by atoms with van der Waals surface area (Å²) in [6.45, 7) is 3.44. The maximum Gasteiger partial charge on any atom is 0.282 e. The Hall–Kier alpha value is -0.910. The number of hydrogen-bond donors (Lipinski definition) is 0. The molecular weight excluding hydrogens is 284 g/mol. The number of rotatable bonds is 3. The van der Waals surface area contributed by atoms with E-state index < -0.39 is 10.2 Å². The van der Waals surface area contributed by atoms with E-state index in [1.807, 2.05) is 12.1 Å². The molecule has 0 spiro atoms. The van der Waals surface area contributed by atoms with E-state index in [0.717, 1.165) is 25.7 Å². The third kappa shape index (κ3) is 2.74. The van der Waals surface area contributed by atoms with Gasteiger partial charge in [-0.1, -0.05) is 31.2 Å². The first-order chi connectivity index (χ1) is 10.00. The number of fused-ring (bicyclic) bond motifs is 1. The van der Waals surface area contributed by atoms with Crippen molar-refractivity contribution < 1.29 is 8.42 Å². The summed E-state index contributed by atoms with van der Waals surface area (Å²) in [6.07, 6.45) is 3.95. The molecule has 0 radical (unpaired) electrons. The molecule has 5 heteroatoms. The summed E-state index contributed by atoms with van der Waals surface area (Å²) >= 11 is 0. The molecule has 1 aromatic rings. The van der Waals surface area contributed by atoms with Gasteiger partial charge >= 0.3 is 0 Å². The lowest BCUT2D eigenvalue weighted by Crippen LogP contribution is -2.47. The fraction of sp³-hybridized carbons (Fsp3) is 0.625. The van der Waals surface area contributed by atoms with E-state index >= 15 is 0 Å². The van der Waals surface area contributed by atoms with Crippen LogP contribution in [0.2, 0.25) is 0 Å². The van der Waals surface area contributed by atoms with Crippen LogP contribution in [0.3, 0.4) is 0 Å². The van der Waals surface area contributed by atoms with Crippen molar-refractivity contribution >= 4 is 10.2 Å². The lowest BCUT2D eigenvalue weighted by molar-refractivity contribution is 0.251. The Kier molecular flexibility index (Phi) is 4.08. The Labute approximate surface area is 127 Å². The van der Waals surface area contributed by atoms with E-state index in [9.17, 15) is 8.42 Å². The first kappa shape index (κ1) is 15.0. The van der Waals surface area contributed by atoms with Gasteiger partial charge in [0, 0.05) is 20.1 Å². The van der Waals surface area contributed by atoms with Crippen molar-refractivity contribution in [1.82, 2.24) is 8.61 Å². The van der Waals surface area contributed by atoms with Crippen molar-refractivity contribution in [3.05, 3.63) is 35.4 Å². The summed E-state index contributed by atoms with van der Waals surface area (Å²) in [5.74, 6) is 0.456. The van der Waals surface area contributed by atoms with Gasteiger partial charge in [0.1, 0.15) is 0 Å². The second-order valence-electron chi connectivity index (χ2n) is 6.38. The molecule has 0 aromatic heterocycles. The van der Waals surface area contributed by atoms with Crippen LogP contribution in [0.15, 0.2) is 24.3 Å². The minimum absolute atomic E-state index is 0.0107. The van der Waals surface area contributed by atoms with Crippen LogP contribution in [0.1, 0.15) is 43.4 Å². The predicted octanol–water partition coefficient (Wildman–Crippen LogP) is 2.58. The Morgan fingerprint density at radius 2 is 2.00 bits per heavy atom. The Bertz CT molecular complexity index is 614. The largest absolute Gasteiger partial charge is 0.282 e. The number of aryl methyl sites for hydroxylation is 1. The molecule has 1 aliphatic carbocycles. The molecule has 0 N–H and O–H groups in total.